The Hall–Kier alpha value is -0.0900. The average molecular weight is 381 g/mol. The van der Waals surface area contributed by atoms with E-state index < -0.39 is 10.0 Å². The molecule has 26 heavy (non-hydrogen) atoms. The van der Waals surface area contributed by atoms with Crippen LogP contribution in [0.2, 0.25) is 0 Å². The molecule has 2 unspecified atom stereocenters. The van der Waals surface area contributed by atoms with Crippen molar-refractivity contribution in [2.24, 2.45) is 16.7 Å². The molecule has 0 saturated heterocycles. The first-order valence-corrected chi connectivity index (χ1v) is 12.6. The third-order valence-electron chi connectivity index (χ3n) is 8.94. The molecule has 0 amide bonds. The number of nitrogens with zero attached hydrogens (tertiary/aromatic N) is 1. The quantitative estimate of drug-likeness (QED) is 0.631. The van der Waals surface area contributed by atoms with Gasteiger partial charge in [0.25, 0.3) is 0 Å². The molecular weight excluding hydrogens is 342 g/mol. The minimum Gasteiger partial charge on any atom is -0.212 e. The van der Waals surface area contributed by atoms with Crippen LogP contribution in [0.3, 0.4) is 0 Å². The molecule has 0 aromatic carbocycles. The van der Waals surface area contributed by atoms with E-state index >= 15 is 0 Å². The summed E-state index contributed by atoms with van der Waals surface area (Å²) in [5.74, 6) is 0.553. The predicted molar refractivity (Wildman–Crippen MR) is 107 cm³/mol. The number of fused-ring (bicyclic) bond motifs is 2. The van der Waals surface area contributed by atoms with Gasteiger partial charge in [0.1, 0.15) is 5.25 Å². The van der Waals surface area contributed by atoms with E-state index in [9.17, 15) is 8.42 Å². The maximum atomic E-state index is 14.1. The van der Waals surface area contributed by atoms with E-state index in [1.807, 2.05) is 0 Å². The van der Waals surface area contributed by atoms with E-state index in [0.717, 1.165) is 43.8 Å². The summed E-state index contributed by atoms with van der Waals surface area (Å²) >= 11 is 0. The van der Waals surface area contributed by atoms with Crippen LogP contribution in [-0.2, 0) is 10.0 Å². The molecule has 4 heteroatoms. The molecule has 4 saturated carbocycles. The van der Waals surface area contributed by atoms with Gasteiger partial charge in [0.05, 0.1) is 0 Å². The van der Waals surface area contributed by atoms with Crippen LogP contribution in [0.15, 0.2) is 0 Å². The summed E-state index contributed by atoms with van der Waals surface area (Å²) in [4.78, 5) is 0. The summed E-state index contributed by atoms with van der Waals surface area (Å²) in [6, 6.07) is 0.519. The molecule has 4 fully saturated rings. The first-order chi connectivity index (χ1) is 12.3. The van der Waals surface area contributed by atoms with E-state index in [1.54, 1.807) is 0 Å². The molecule has 0 aromatic rings. The van der Waals surface area contributed by atoms with Crippen LogP contribution in [0.25, 0.3) is 0 Å². The highest BCUT2D eigenvalue weighted by Crippen LogP contribution is 2.70. The lowest BCUT2D eigenvalue weighted by Crippen LogP contribution is -2.52. The van der Waals surface area contributed by atoms with Crippen molar-refractivity contribution in [1.82, 2.24) is 4.31 Å². The van der Waals surface area contributed by atoms with Gasteiger partial charge in [-0.15, -0.1) is 0 Å². The van der Waals surface area contributed by atoms with Gasteiger partial charge in [-0.3, -0.25) is 0 Å². The van der Waals surface area contributed by atoms with Gasteiger partial charge in [-0.2, -0.15) is 4.31 Å². The first kappa shape index (κ1) is 19.2. The molecule has 3 nitrogen and oxygen atoms in total. The van der Waals surface area contributed by atoms with Crippen molar-refractivity contribution in [3.63, 3.8) is 0 Å². The lowest BCUT2D eigenvalue weighted by atomic mass is 9.71. The summed E-state index contributed by atoms with van der Waals surface area (Å²) in [5.41, 5.74) is -0.00170. The van der Waals surface area contributed by atoms with Crippen molar-refractivity contribution >= 4 is 10.0 Å². The molecule has 0 heterocycles. The van der Waals surface area contributed by atoms with Crippen LogP contribution in [0.4, 0.5) is 0 Å². The van der Waals surface area contributed by atoms with E-state index in [4.69, 9.17) is 0 Å². The molecule has 149 valence electrons. The highest BCUT2D eigenvalue weighted by molar-refractivity contribution is 7.92. The number of sulfonamides is 1. The summed E-state index contributed by atoms with van der Waals surface area (Å²) in [7, 11) is -3.31. The number of hydrogen-bond donors (Lipinski definition) is 0. The molecule has 0 aromatic heterocycles. The molecule has 4 rings (SSSR count). The van der Waals surface area contributed by atoms with Crippen LogP contribution < -0.4 is 0 Å². The zero-order valence-electron chi connectivity index (χ0n) is 17.1. The molecule has 0 spiro atoms. The van der Waals surface area contributed by atoms with Gasteiger partial charge in [0.2, 0.25) is 10.0 Å². The van der Waals surface area contributed by atoms with Crippen LogP contribution in [0, 0.1) is 22.0 Å². The molecular formula is C22H38NO2S. The third kappa shape index (κ3) is 2.80. The van der Waals surface area contributed by atoms with Gasteiger partial charge in [-0.05, 0) is 61.7 Å². The first-order valence-electron chi connectivity index (χ1n) is 11.2. The minimum atomic E-state index is -3.31. The smallest absolute Gasteiger partial charge is 0.212 e. The number of rotatable bonds is 4. The van der Waals surface area contributed by atoms with Crippen LogP contribution in [0.5, 0.6) is 0 Å². The topological polar surface area (TPSA) is 37.4 Å². The van der Waals surface area contributed by atoms with E-state index in [0.29, 0.717) is 5.92 Å². The Morgan fingerprint density at radius 2 is 1.31 bits per heavy atom. The Morgan fingerprint density at radius 3 is 1.69 bits per heavy atom. The monoisotopic (exact) mass is 380 g/mol. The second-order valence-corrected chi connectivity index (χ2v) is 12.2. The fraction of sp³-hybridized carbons (Fsp3) is 0.955. The van der Waals surface area contributed by atoms with Gasteiger partial charge in [0.15, 0.2) is 0 Å². The fourth-order valence-electron chi connectivity index (χ4n) is 6.78. The van der Waals surface area contributed by atoms with Crippen LogP contribution in [0.1, 0.15) is 104 Å². The summed E-state index contributed by atoms with van der Waals surface area (Å²) in [6.45, 7) is 6.89. The Balaban J connectivity index is 1.68. The van der Waals surface area contributed by atoms with E-state index in [1.165, 1.54) is 44.9 Å². The van der Waals surface area contributed by atoms with Crippen molar-refractivity contribution in [3.8, 4) is 0 Å². The maximum absolute atomic E-state index is 14.1. The summed E-state index contributed by atoms with van der Waals surface area (Å²) < 4.78 is 30.3. The normalized spacial score (nSPS) is 36.8. The van der Waals surface area contributed by atoms with Gasteiger partial charge in [-0.25, -0.2) is 8.42 Å². The van der Waals surface area contributed by atoms with Crippen molar-refractivity contribution in [3.05, 3.63) is 5.25 Å². The lowest BCUT2D eigenvalue weighted by molar-refractivity contribution is 0.156. The van der Waals surface area contributed by atoms with Crippen LogP contribution >= 0.6 is 0 Å². The molecule has 2 bridgehead atoms. The highest BCUT2D eigenvalue weighted by Gasteiger charge is 2.66. The second-order valence-electron chi connectivity index (χ2n) is 10.3. The Labute approximate surface area is 161 Å². The Morgan fingerprint density at radius 1 is 0.808 bits per heavy atom. The molecule has 2 atom stereocenters. The third-order valence-corrected chi connectivity index (χ3v) is 11.3. The molecule has 4 aliphatic rings. The standard InChI is InChI=1S/C22H38NO2S/c1-21(2)17-14-15-22(21,3)20(16-17)26(24,25)23(18-10-6-4-7-11-18)19-12-8-5-9-13-19/h17-19H,4-16H2,1-3H3. The van der Waals surface area contributed by atoms with Crippen molar-refractivity contribution < 1.29 is 8.42 Å². The SMILES string of the molecule is CC12CCC(C[C]1S(=O)(=O)N(C1CCCCC1)C1CCCCC1)C2(C)C. The van der Waals surface area contributed by atoms with Gasteiger partial charge in [0, 0.05) is 12.1 Å². The highest BCUT2D eigenvalue weighted by atomic mass is 32.2. The molecule has 0 aliphatic heterocycles. The fourth-order valence-corrected chi connectivity index (χ4v) is 9.59. The molecule has 4 aliphatic carbocycles. The lowest BCUT2D eigenvalue weighted by Gasteiger charge is -2.45. The Kier molecular flexibility index (Phi) is 5.00. The molecule has 1 radical (unpaired) electrons. The molecule has 0 N–H and O–H groups in total. The largest absolute Gasteiger partial charge is 0.222 e. The number of hydrogen-bond acceptors (Lipinski definition) is 2. The predicted octanol–water partition coefficient (Wildman–Crippen LogP) is 5.66. The summed E-state index contributed by atoms with van der Waals surface area (Å²) in [5, 5.41) is 0.905. The Bertz CT molecular complexity index is 598. The van der Waals surface area contributed by atoms with Crippen molar-refractivity contribution in [2.45, 2.75) is 116 Å². The summed E-state index contributed by atoms with van der Waals surface area (Å²) in [6.07, 6.45) is 14.7. The average Bonchev–Trinajstić information content (AvgIpc) is 2.97. The van der Waals surface area contributed by atoms with Crippen molar-refractivity contribution in [1.29, 1.82) is 0 Å². The van der Waals surface area contributed by atoms with Gasteiger partial charge >= 0.3 is 0 Å². The zero-order valence-corrected chi connectivity index (χ0v) is 17.9. The van der Waals surface area contributed by atoms with Gasteiger partial charge in [-0.1, -0.05) is 59.3 Å². The minimum absolute atomic E-state index is 0.125. The maximum Gasteiger partial charge on any atom is 0.222 e. The van der Waals surface area contributed by atoms with E-state index in [-0.39, 0.29) is 22.9 Å². The van der Waals surface area contributed by atoms with E-state index in [2.05, 4.69) is 25.1 Å². The van der Waals surface area contributed by atoms with Crippen LogP contribution in [-0.4, -0.2) is 24.8 Å². The zero-order chi connectivity index (χ0) is 18.6. The second kappa shape index (κ2) is 6.76. The van der Waals surface area contributed by atoms with Crippen molar-refractivity contribution in [2.75, 3.05) is 0 Å². The van der Waals surface area contributed by atoms with Gasteiger partial charge < -0.3 is 0 Å².